The molecule has 0 N–H and O–H groups in total. The van der Waals surface area contributed by atoms with E-state index in [9.17, 15) is 13.2 Å². The van der Waals surface area contributed by atoms with Crippen LogP contribution in [0.1, 0.15) is 0 Å². The Bertz CT molecular complexity index is 493. The largest absolute Gasteiger partial charge is 0.322 e. The molecule has 0 spiro atoms. The van der Waals surface area contributed by atoms with Gasteiger partial charge in [0.25, 0.3) is 5.91 Å². The highest BCUT2D eigenvalue weighted by atomic mass is 32.2. The highest BCUT2D eigenvalue weighted by Gasteiger charge is 2.40. The summed E-state index contributed by atoms with van der Waals surface area (Å²) in [7, 11) is -3.06. The van der Waals surface area contributed by atoms with Crippen molar-refractivity contribution in [3.8, 4) is 0 Å². The number of thioether (sulfide) groups is 2. The summed E-state index contributed by atoms with van der Waals surface area (Å²) in [4.78, 5) is 16.7. The van der Waals surface area contributed by atoms with Gasteiger partial charge in [0.2, 0.25) is 0 Å². The first-order chi connectivity index (χ1) is 10.1. The third kappa shape index (κ3) is 3.69. The van der Waals surface area contributed by atoms with E-state index >= 15 is 0 Å². The van der Waals surface area contributed by atoms with Gasteiger partial charge in [0.05, 0.1) is 11.5 Å². The number of carbonyl (C=O) groups is 1. The maximum atomic E-state index is 12.7. The van der Waals surface area contributed by atoms with Gasteiger partial charge in [-0.2, -0.15) is 11.8 Å². The zero-order valence-electron chi connectivity index (χ0n) is 11.8. The van der Waals surface area contributed by atoms with Gasteiger partial charge in [0, 0.05) is 43.4 Å². The third-order valence-corrected chi connectivity index (χ3v) is 7.77. The molecule has 119 valence electrons. The van der Waals surface area contributed by atoms with E-state index in [2.05, 4.69) is 10.2 Å². The third-order valence-electron chi connectivity index (χ3n) is 3.98. The molecule has 3 fully saturated rings. The van der Waals surface area contributed by atoms with Crippen molar-refractivity contribution in [1.82, 2.24) is 15.1 Å². The number of hydrogen-bond donors (Lipinski definition) is 0. The van der Waals surface area contributed by atoms with E-state index in [-0.39, 0.29) is 22.8 Å². The van der Waals surface area contributed by atoms with Crippen LogP contribution >= 0.6 is 23.5 Å². The second kappa shape index (κ2) is 6.66. The maximum absolute atomic E-state index is 12.7. The van der Waals surface area contributed by atoms with Crippen molar-refractivity contribution in [2.45, 2.75) is 11.5 Å². The molecule has 3 heterocycles. The quantitative estimate of drug-likeness (QED) is 0.656. The smallest absolute Gasteiger partial charge is 0.251 e. The van der Waals surface area contributed by atoms with Gasteiger partial charge in [-0.25, -0.2) is 13.7 Å². The lowest BCUT2D eigenvalue weighted by molar-refractivity contribution is -0.136. The van der Waals surface area contributed by atoms with Crippen molar-refractivity contribution in [3.05, 3.63) is 0 Å². The fourth-order valence-electron chi connectivity index (χ4n) is 2.85. The molecular formula is C12H20N3O3S3. The number of hydrogen-bond acceptors (Lipinski definition) is 6. The minimum Gasteiger partial charge on any atom is -0.322 e. The van der Waals surface area contributed by atoms with Crippen LogP contribution in [0.15, 0.2) is 0 Å². The van der Waals surface area contributed by atoms with Crippen LogP contribution in [0.3, 0.4) is 0 Å². The number of nitrogens with zero attached hydrogens (tertiary/aromatic N) is 3. The van der Waals surface area contributed by atoms with Crippen molar-refractivity contribution in [3.63, 3.8) is 0 Å². The molecule has 2 unspecified atom stereocenters. The van der Waals surface area contributed by atoms with E-state index in [0.29, 0.717) is 13.1 Å². The predicted molar refractivity (Wildman–Crippen MR) is 86.3 cm³/mol. The molecule has 2 atom stereocenters. The summed E-state index contributed by atoms with van der Waals surface area (Å²) >= 11 is 3.60. The van der Waals surface area contributed by atoms with Gasteiger partial charge in [-0.1, -0.05) is 0 Å². The second-order valence-corrected chi connectivity index (χ2v) is 10.0. The normalized spacial score (nSPS) is 34.9. The van der Waals surface area contributed by atoms with Crippen LogP contribution in [-0.2, 0) is 14.6 Å². The van der Waals surface area contributed by atoms with Gasteiger partial charge in [-0.05, 0) is 0 Å². The van der Waals surface area contributed by atoms with E-state index in [1.807, 2.05) is 11.8 Å². The first-order valence-electron chi connectivity index (χ1n) is 7.18. The predicted octanol–water partition coefficient (Wildman–Crippen LogP) is -0.704. The Morgan fingerprint density at radius 2 is 1.90 bits per heavy atom. The fraction of sp³-hybridized carbons (Fsp3) is 0.917. The lowest BCUT2D eigenvalue weighted by atomic mass is 10.3. The number of rotatable bonds is 2. The van der Waals surface area contributed by atoms with E-state index in [1.54, 1.807) is 16.7 Å². The molecule has 3 rings (SSSR count). The molecule has 0 aromatic heterocycles. The zero-order chi connectivity index (χ0) is 14.9. The van der Waals surface area contributed by atoms with Gasteiger partial charge >= 0.3 is 0 Å². The number of carbonyl (C=O) groups excluding carboxylic acids is 1. The van der Waals surface area contributed by atoms with Gasteiger partial charge in [0.1, 0.15) is 11.5 Å². The van der Waals surface area contributed by atoms with Crippen molar-refractivity contribution in [2.24, 2.45) is 0 Å². The highest BCUT2D eigenvalue weighted by Crippen LogP contribution is 2.27. The van der Waals surface area contributed by atoms with Crippen molar-refractivity contribution >= 4 is 39.3 Å². The van der Waals surface area contributed by atoms with E-state index in [1.165, 1.54) is 0 Å². The molecule has 0 aromatic rings. The van der Waals surface area contributed by atoms with Gasteiger partial charge in [-0.15, -0.1) is 11.8 Å². The fourth-order valence-corrected chi connectivity index (χ4v) is 6.29. The van der Waals surface area contributed by atoms with Gasteiger partial charge in [-0.3, -0.25) is 9.69 Å². The lowest BCUT2D eigenvalue weighted by Crippen LogP contribution is -2.60. The van der Waals surface area contributed by atoms with Gasteiger partial charge in [0.15, 0.2) is 9.84 Å². The van der Waals surface area contributed by atoms with Crippen LogP contribution in [0.5, 0.6) is 0 Å². The monoisotopic (exact) mass is 350 g/mol. The molecule has 0 aromatic carbocycles. The molecule has 21 heavy (non-hydrogen) atoms. The van der Waals surface area contributed by atoms with Crippen molar-refractivity contribution in [1.29, 1.82) is 0 Å². The Morgan fingerprint density at radius 1 is 1.14 bits per heavy atom. The zero-order valence-corrected chi connectivity index (χ0v) is 14.3. The molecule has 1 radical (unpaired) electrons. The average Bonchev–Trinajstić information content (AvgIpc) is 2.47. The minimum absolute atomic E-state index is 0.00796. The Kier molecular flexibility index (Phi) is 5.04. The molecule has 0 saturated carbocycles. The first kappa shape index (κ1) is 15.9. The molecule has 3 saturated heterocycles. The Morgan fingerprint density at radius 3 is 2.62 bits per heavy atom. The molecule has 0 bridgehead atoms. The van der Waals surface area contributed by atoms with Crippen LogP contribution in [-0.4, -0.2) is 90.6 Å². The van der Waals surface area contributed by atoms with Crippen LogP contribution in [0.4, 0.5) is 0 Å². The SMILES string of the molecule is O=C1C(N2CCSCC2)SCCN1C1CS(=O)(=O)CC[N]1. The van der Waals surface area contributed by atoms with Crippen molar-refractivity contribution < 1.29 is 13.2 Å². The maximum Gasteiger partial charge on any atom is 0.251 e. The number of amides is 1. The second-order valence-electron chi connectivity index (χ2n) is 5.40. The summed E-state index contributed by atoms with van der Waals surface area (Å²) in [5.74, 6) is 3.13. The first-order valence-corrected chi connectivity index (χ1v) is 11.2. The summed E-state index contributed by atoms with van der Waals surface area (Å²) < 4.78 is 23.6. The number of sulfone groups is 1. The molecule has 0 aliphatic carbocycles. The standard InChI is InChI=1S/C12H20N3O3S3/c16-11-12(14-2-5-19-6-3-14)20-7-4-15(11)10-9-21(17,18)8-1-13-10/h10,12H,1-9H2. The van der Waals surface area contributed by atoms with Crippen LogP contribution in [0, 0.1) is 0 Å². The van der Waals surface area contributed by atoms with Crippen molar-refractivity contribution in [2.75, 3.05) is 54.9 Å². The molecule has 9 heteroatoms. The Labute approximate surface area is 134 Å². The van der Waals surface area contributed by atoms with Crippen LogP contribution in [0.2, 0.25) is 0 Å². The minimum atomic E-state index is -3.06. The van der Waals surface area contributed by atoms with Crippen LogP contribution in [0.25, 0.3) is 0 Å². The summed E-state index contributed by atoms with van der Waals surface area (Å²) in [5.41, 5.74) is 0. The molecular weight excluding hydrogens is 330 g/mol. The Hall–Kier alpha value is 0.0400. The van der Waals surface area contributed by atoms with E-state index in [4.69, 9.17) is 0 Å². The Balaban J connectivity index is 1.69. The summed E-state index contributed by atoms with van der Waals surface area (Å²) in [6, 6.07) is 0. The van der Waals surface area contributed by atoms with Crippen LogP contribution < -0.4 is 5.32 Å². The molecule has 3 aliphatic rings. The van der Waals surface area contributed by atoms with Gasteiger partial charge < -0.3 is 4.90 Å². The molecule has 1 amide bonds. The van der Waals surface area contributed by atoms with E-state index in [0.717, 1.165) is 30.3 Å². The summed E-state index contributed by atoms with van der Waals surface area (Å²) in [5, 5.41) is 4.22. The highest BCUT2D eigenvalue weighted by molar-refractivity contribution is 8.00. The summed E-state index contributed by atoms with van der Waals surface area (Å²) in [6.07, 6.45) is -0.473. The summed E-state index contributed by atoms with van der Waals surface area (Å²) in [6.45, 7) is 2.78. The molecule has 6 nitrogen and oxygen atoms in total. The average molecular weight is 351 g/mol. The lowest BCUT2D eigenvalue weighted by Gasteiger charge is -2.42. The van der Waals surface area contributed by atoms with E-state index < -0.39 is 16.0 Å². The molecule has 3 aliphatic heterocycles. The topological polar surface area (TPSA) is 71.8 Å².